The zero-order chi connectivity index (χ0) is 16.8. The summed E-state index contributed by atoms with van der Waals surface area (Å²) in [5, 5.41) is 5.26. The van der Waals surface area contributed by atoms with E-state index in [0.717, 1.165) is 0 Å². The van der Waals surface area contributed by atoms with Crippen molar-refractivity contribution in [1.29, 1.82) is 0 Å². The Morgan fingerprint density at radius 1 is 1.48 bits per heavy atom. The average molecular weight is 324 g/mol. The van der Waals surface area contributed by atoms with Gasteiger partial charge in [-0.3, -0.25) is 14.4 Å². The Kier molecular flexibility index (Phi) is 5.64. The van der Waals surface area contributed by atoms with Crippen molar-refractivity contribution in [1.82, 2.24) is 5.32 Å². The molecule has 1 aromatic carbocycles. The van der Waals surface area contributed by atoms with E-state index in [1.165, 1.54) is 25.3 Å². The van der Waals surface area contributed by atoms with Crippen LogP contribution in [0.2, 0.25) is 0 Å². The number of carbonyl (C=O) groups excluding carboxylic acids is 3. The van der Waals surface area contributed by atoms with Gasteiger partial charge in [0.2, 0.25) is 0 Å². The molecule has 1 fully saturated rings. The smallest absolute Gasteiger partial charge is 0.312 e. The zero-order valence-electron chi connectivity index (χ0n) is 12.7. The number of nitrogens with one attached hydrogen (secondary N) is 3. The van der Waals surface area contributed by atoms with Crippen LogP contribution < -0.4 is 15.5 Å². The number of rotatable bonds is 5. The van der Waals surface area contributed by atoms with Crippen LogP contribution in [0.1, 0.15) is 6.42 Å². The number of carbonyl (C=O) groups is 3. The first-order valence-electron chi connectivity index (χ1n) is 7.24. The minimum atomic E-state index is -0.672. The van der Waals surface area contributed by atoms with Crippen LogP contribution in [0.3, 0.4) is 0 Å². The second kappa shape index (κ2) is 7.68. The highest BCUT2D eigenvalue weighted by Gasteiger charge is 2.36. The molecule has 1 aliphatic heterocycles. The first kappa shape index (κ1) is 16.9. The van der Waals surface area contributed by atoms with Crippen LogP contribution in [0.25, 0.3) is 0 Å². The largest absolute Gasteiger partial charge is 0.469 e. The molecule has 2 amide bonds. The van der Waals surface area contributed by atoms with Crippen molar-refractivity contribution < 1.29 is 28.4 Å². The number of hydrogen-bond acceptors (Lipinski definition) is 4. The third-order valence-corrected chi connectivity index (χ3v) is 3.65. The Balaban J connectivity index is 1.99. The van der Waals surface area contributed by atoms with E-state index in [2.05, 4.69) is 15.4 Å². The fraction of sp³-hybridized carbons (Fsp3) is 0.400. The van der Waals surface area contributed by atoms with Crippen molar-refractivity contribution in [3.63, 3.8) is 0 Å². The average Bonchev–Trinajstić information content (AvgIpc) is 2.50. The highest BCUT2D eigenvalue weighted by Crippen LogP contribution is 2.08. The minimum Gasteiger partial charge on any atom is -0.469 e. The van der Waals surface area contributed by atoms with Crippen LogP contribution in [0.15, 0.2) is 24.3 Å². The molecule has 0 radical (unpaired) electrons. The maximum atomic E-state index is 13.1. The summed E-state index contributed by atoms with van der Waals surface area (Å²) in [6.07, 6.45) is -0.0923. The number of hydrogen-bond donors (Lipinski definition) is 3. The summed E-state index contributed by atoms with van der Waals surface area (Å²) in [5.74, 6) is -1.59. The second-order valence-electron chi connectivity index (χ2n) is 5.27. The van der Waals surface area contributed by atoms with Gasteiger partial charge in [0.25, 0.3) is 11.8 Å². The third-order valence-electron chi connectivity index (χ3n) is 3.65. The van der Waals surface area contributed by atoms with Crippen LogP contribution >= 0.6 is 0 Å². The summed E-state index contributed by atoms with van der Waals surface area (Å²) in [6, 6.07) is 4.89. The van der Waals surface area contributed by atoms with Crippen molar-refractivity contribution >= 4 is 23.5 Å². The van der Waals surface area contributed by atoms with Gasteiger partial charge in [-0.05, 0) is 18.2 Å². The van der Waals surface area contributed by atoms with Crippen molar-refractivity contribution in [2.24, 2.45) is 0 Å². The first-order valence-corrected chi connectivity index (χ1v) is 7.24. The van der Waals surface area contributed by atoms with Gasteiger partial charge in [-0.25, -0.2) is 4.39 Å². The lowest BCUT2D eigenvalue weighted by molar-refractivity contribution is -0.909. The molecule has 23 heavy (non-hydrogen) atoms. The molecule has 0 aliphatic carbocycles. The van der Waals surface area contributed by atoms with Gasteiger partial charge in [0.1, 0.15) is 12.2 Å². The van der Waals surface area contributed by atoms with Gasteiger partial charge in [0.15, 0.2) is 12.6 Å². The molecule has 1 unspecified atom stereocenters. The Bertz CT molecular complexity index is 608. The second-order valence-corrected chi connectivity index (χ2v) is 5.27. The van der Waals surface area contributed by atoms with Crippen molar-refractivity contribution in [3.8, 4) is 0 Å². The van der Waals surface area contributed by atoms with E-state index in [9.17, 15) is 18.8 Å². The van der Waals surface area contributed by atoms with Crippen molar-refractivity contribution in [2.75, 3.05) is 32.1 Å². The summed E-state index contributed by atoms with van der Waals surface area (Å²) in [5.41, 5.74) is 0.348. The Hall–Kier alpha value is -2.48. The van der Waals surface area contributed by atoms with Crippen LogP contribution in [0.4, 0.5) is 10.1 Å². The van der Waals surface area contributed by atoms with Crippen LogP contribution in [0, 0.1) is 5.82 Å². The molecule has 1 aliphatic rings. The molecule has 3 N–H and O–H groups in total. The van der Waals surface area contributed by atoms with E-state index in [1.807, 2.05) is 0 Å². The molecule has 0 bridgehead atoms. The highest BCUT2D eigenvalue weighted by molar-refractivity contribution is 5.92. The van der Waals surface area contributed by atoms with Crippen LogP contribution in [-0.2, 0) is 19.1 Å². The van der Waals surface area contributed by atoms with Gasteiger partial charge < -0.3 is 20.3 Å². The highest BCUT2D eigenvalue weighted by atomic mass is 19.1. The minimum absolute atomic E-state index is 0.00555. The lowest BCUT2D eigenvalue weighted by atomic mass is 10.1. The number of benzene rings is 1. The zero-order valence-corrected chi connectivity index (χ0v) is 12.7. The fourth-order valence-corrected chi connectivity index (χ4v) is 2.51. The topological polar surface area (TPSA) is 88.9 Å². The molecule has 124 valence electrons. The molecule has 8 heteroatoms. The van der Waals surface area contributed by atoms with E-state index in [-0.39, 0.29) is 24.8 Å². The van der Waals surface area contributed by atoms with Gasteiger partial charge >= 0.3 is 5.97 Å². The summed E-state index contributed by atoms with van der Waals surface area (Å²) in [7, 11) is 1.25. The van der Waals surface area contributed by atoms with Crippen molar-refractivity contribution in [2.45, 2.75) is 12.5 Å². The van der Waals surface area contributed by atoms with E-state index < -0.39 is 17.8 Å². The van der Waals surface area contributed by atoms with Gasteiger partial charge in [-0.15, -0.1) is 0 Å². The number of anilines is 1. The first-order chi connectivity index (χ1) is 11.0. The predicted octanol–water partition coefficient (Wildman–Crippen LogP) is -1.29. The summed E-state index contributed by atoms with van der Waals surface area (Å²) < 4.78 is 17.7. The SMILES string of the molecule is COC(=O)C[C@@H]1C(=O)NCC[NH+]1CC(=O)Nc1cccc(F)c1. The number of amides is 2. The number of esters is 1. The molecule has 0 aromatic heterocycles. The summed E-state index contributed by atoms with van der Waals surface area (Å²) in [4.78, 5) is 36.1. The van der Waals surface area contributed by atoms with Crippen molar-refractivity contribution in [3.05, 3.63) is 30.1 Å². The normalized spacial score (nSPS) is 20.5. The molecule has 1 aromatic rings. The number of halogens is 1. The molecular formula is C15H19FN3O4+. The summed E-state index contributed by atoms with van der Waals surface area (Å²) in [6.45, 7) is 0.953. The molecule has 0 spiro atoms. The quantitative estimate of drug-likeness (QED) is 0.588. The Morgan fingerprint density at radius 2 is 2.26 bits per heavy atom. The Morgan fingerprint density at radius 3 is 2.96 bits per heavy atom. The molecule has 7 nitrogen and oxygen atoms in total. The van der Waals surface area contributed by atoms with Gasteiger partial charge in [-0.1, -0.05) is 6.07 Å². The molecule has 1 saturated heterocycles. The maximum absolute atomic E-state index is 13.1. The van der Waals surface area contributed by atoms with Crippen LogP contribution in [-0.4, -0.2) is 50.6 Å². The van der Waals surface area contributed by atoms with E-state index >= 15 is 0 Å². The Labute approximate surface area is 132 Å². The number of piperazine rings is 1. The molecule has 0 saturated carbocycles. The van der Waals surface area contributed by atoms with Gasteiger partial charge in [0, 0.05) is 5.69 Å². The van der Waals surface area contributed by atoms with Gasteiger partial charge in [-0.2, -0.15) is 0 Å². The number of quaternary nitrogens is 1. The monoisotopic (exact) mass is 324 g/mol. The number of methoxy groups -OCH3 is 1. The summed E-state index contributed by atoms with van der Waals surface area (Å²) >= 11 is 0. The maximum Gasteiger partial charge on any atom is 0.312 e. The third kappa shape index (κ3) is 4.75. The van der Waals surface area contributed by atoms with E-state index in [4.69, 9.17) is 0 Å². The molecule has 2 atom stereocenters. The van der Waals surface area contributed by atoms with Gasteiger partial charge in [0.05, 0.1) is 20.2 Å². The lowest BCUT2D eigenvalue weighted by Gasteiger charge is -2.30. The number of ether oxygens (including phenoxy) is 1. The fourth-order valence-electron chi connectivity index (χ4n) is 2.51. The molecule has 1 heterocycles. The molecule has 2 rings (SSSR count). The molecular weight excluding hydrogens is 305 g/mol. The van der Waals surface area contributed by atoms with E-state index in [1.54, 1.807) is 6.07 Å². The van der Waals surface area contributed by atoms with Crippen LogP contribution in [0.5, 0.6) is 0 Å². The lowest BCUT2D eigenvalue weighted by Crippen LogP contribution is -3.20. The standard InChI is InChI=1S/C15H18FN3O4/c1-23-14(21)8-12-15(22)17-5-6-19(12)9-13(20)18-11-4-2-3-10(16)7-11/h2-4,7,12H,5-6,8-9H2,1H3,(H,17,22)(H,18,20)/p+1/t12-/m1/s1. The van der Waals surface area contributed by atoms with E-state index in [0.29, 0.717) is 23.7 Å². The predicted molar refractivity (Wildman–Crippen MR) is 79.2 cm³/mol.